The monoisotopic (exact) mass is 257 g/mol. The average Bonchev–Trinajstić information content (AvgIpc) is 2.80. The van der Waals surface area contributed by atoms with E-state index in [4.69, 9.17) is 9.52 Å². The molecule has 0 atom stereocenters. The first kappa shape index (κ1) is 11.6. The van der Waals surface area contributed by atoms with Crippen LogP contribution in [0.25, 0.3) is 22.6 Å². The van der Waals surface area contributed by atoms with Gasteiger partial charge in [-0.1, -0.05) is 6.07 Å². The molecule has 19 heavy (non-hydrogen) atoms. The molecule has 0 spiro atoms. The van der Waals surface area contributed by atoms with Crippen LogP contribution >= 0.6 is 0 Å². The quantitative estimate of drug-likeness (QED) is 0.656. The summed E-state index contributed by atoms with van der Waals surface area (Å²) in [5.74, 6) is 0.136. The SMILES string of the molecule is OCc1ccc2oc(-c3ccc(O)cc3O)nc2c1. The van der Waals surface area contributed by atoms with E-state index in [9.17, 15) is 10.2 Å². The highest BCUT2D eigenvalue weighted by Gasteiger charge is 2.12. The van der Waals surface area contributed by atoms with E-state index in [1.807, 2.05) is 0 Å². The van der Waals surface area contributed by atoms with Crippen molar-refractivity contribution in [2.24, 2.45) is 0 Å². The first-order valence-corrected chi connectivity index (χ1v) is 5.70. The van der Waals surface area contributed by atoms with Gasteiger partial charge in [-0.3, -0.25) is 0 Å². The van der Waals surface area contributed by atoms with Gasteiger partial charge in [-0.25, -0.2) is 4.98 Å². The fourth-order valence-electron chi connectivity index (χ4n) is 1.89. The Hall–Kier alpha value is -2.53. The summed E-state index contributed by atoms with van der Waals surface area (Å²) in [5.41, 5.74) is 2.32. The Morgan fingerprint density at radius 2 is 1.89 bits per heavy atom. The van der Waals surface area contributed by atoms with Gasteiger partial charge in [0.2, 0.25) is 5.89 Å². The van der Waals surface area contributed by atoms with Crippen molar-refractivity contribution >= 4 is 11.1 Å². The van der Waals surface area contributed by atoms with Crippen LogP contribution in [0.15, 0.2) is 40.8 Å². The molecule has 0 radical (unpaired) electrons. The summed E-state index contributed by atoms with van der Waals surface area (Å²) in [5, 5.41) is 28.1. The van der Waals surface area contributed by atoms with Gasteiger partial charge in [-0.2, -0.15) is 0 Å². The maximum Gasteiger partial charge on any atom is 0.231 e. The fraction of sp³-hybridized carbons (Fsp3) is 0.0714. The maximum atomic E-state index is 9.77. The van der Waals surface area contributed by atoms with Crippen LogP contribution in [0.4, 0.5) is 0 Å². The van der Waals surface area contributed by atoms with Crippen molar-refractivity contribution in [1.29, 1.82) is 0 Å². The summed E-state index contributed by atoms with van der Waals surface area (Å²) < 4.78 is 5.54. The van der Waals surface area contributed by atoms with Crippen LogP contribution in [0, 0.1) is 0 Å². The van der Waals surface area contributed by atoms with Crippen LogP contribution < -0.4 is 0 Å². The fourth-order valence-corrected chi connectivity index (χ4v) is 1.89. The number of aromatic nitrogens is 1. The number of phenolic OH excluding ortho intramolecular Hbond substituents is 2. The van der Waals surface area contributed by atoms with Gasteiger partial charge in [0.1, 0.15) is 17.0 Å². The molecule has 1 aromatic heterocycles. The minimum Gasteiger partial charge on any atom is -0.508 e. The van der Waals surface area contributed by atoms with Crippen molar-refractivity contribution < 1.29 is 19.7 Å². The number of aliphatic hydroxyl groups is 1. The van der Waals surface area contributed by atoms with Crippen LogP contribution in [0.3, 0.4) is 0 Å². The van der Waals surface area contributed by atoms with Gasteiger partial charge < -0.3 is 19.7 Å². The first-order valence-electron chi connectivity index (χ1n) is 5.70. The molecule has 0 aliphatic heterocycles. The second kappa shape index (κ2) is 4.29. The van der Waals surface area contributed by atoms with Gasteiger partial charge in [-0.05, 0) is 29.8 Å². The molecule has 0 aliphatic carbocycles. The highest BCUT2D eigenvalue weighted by Crippen LogP contribution is 2.33. The molecule has 0 unspecified atom stereocenters. The third-order valence-corrected chi connectivity index (χ3v) is 2.85. The third-order valence-electron chi connectivity index (χ3n) is 2.85. The van der Waals surface area contributed by atoms with E-state index in [-0.39, 0.29) is 24.0 Å². The van der Waals surface area contributed by atoms with E-state index < -0.39 is 0 Å². The topological polar surface area (TPSA) is 86.7 Å². The number of nitrogens with zero attached hydrogens (tertiary/aromatic N) is 1. The molecule has 0 saturated carbocycles. The summed E-state index contributed by atoms with van der Waals surface area (Å²) in [7, 11) is 0. The molecule has 0 bridgehead atoms. The number of aromatic hydroxyl groups is 2. The summed E-state index contributed by atoms with van der Waals surface area (Å²) >= 11 is 0. The van der Waals surface area contributed by atoms with Gasteiger partial charge in [0, 0.05) is 6.07 Å². The zero-order chi connectivity index (χ0) is 13.4. The van der Waals surface area contributed by atoms with Crippen LogP contribution in [-0.2, 0) is 6.61 Å². The van der Waals surface area contributed by atoms with Gasteiger partial charge in [-0.15, -0.1) is 0 Å². The lowest BCUT2D eigenvalue weighted by Gasteiger charge is -1.99. The number of aliphatic hydroxyl groups excluding tert-OH is 1. The zero-order valence-electron chi connectivity index (χ0n) is 9.87. The predicted molar refractivity (Wildman–Crippen MR) is 68.7 cm³/mol. The predicted octanol–water partition coefficient (Wildman–Crippen LogP) is 2.40. The second-order valence-corrected chi connectivity index (χ2v) is 4.18. The van der Waals surface area contributed by atoms with Crippen molar-refractivity contribution in [3.8, 4) is 23.0 Å². The lowest BCUT2D eigenvalue weighted by atomic mass is 10.2. The summed E-state index contributed by atoms with van der Waals surface area (Å²) in [6, 6.07) is 9.39. The van der Waals surface area contributed by atoms with Crippen molar-refractivity contribution in [1.82, 2.24) is 4.98 Å². The molecule has 0 amide bonds. The number of oxazole rings is 1. The van der Waals surface area contributed by atoms with E-state index in [2.05, 4.69) is 4.98 Å². The van der Waals surface area contributed by atoms with Crippen molar-refractivity contribution in [3.05, 3.63) is 42.0 Å². The zero-order valence-corrected chi connectivity index (χ0v) is 9.87. The van der Waals surface area contributed by atoms with Gasteiger partial charge in [0.05, 0.1) is 12.2 Å². The number of rotatable bonds is 2. The van der Waals surface area contributed by atoms with Crippen LogP contribution in [-0.4, -0.2) is 20.3 Å². The molecule has 3 rings (SSSR count). The molecular weight excluding hydrogens is 246 g/mol. The molecule has 0 saturated heterocycles. The number of fused-ring (bicyclic) bond motifs is 1. The Kier molecular flexibility index (Phi) is 2.61. The number of hydrogen-bond acceptors (Lipinski definition) is 5. The van der Waals surface area contributed by atoms with Crippen LogP contribution in [0.1, 0.15) is 5.56 Å². The molecule has 2 aromatic carbocycles. The Morgan fingerprint density at radius 1 is 1.05 bits per heavy atom. The smallest absolute Gasteiger partial charge is 0.231 e. The lowest BCUT2D eigenvalue weighted by molar-refractivity contribution is 0.282. The lowest BCUT2D eigenvalue weighted by Crippen LogP contribution is -1.81. The molecule has 3 aromatic rings. The largest absolute Gasteiger partial charge is 0.508 e. The van der Waals surface area contributed by atoms with E-state index in [0.717, 1.165) is 5.56 Å². The summed E-state index contributed by atoms with van der Waals surface area (Å²) in [4.78, 5) is 4.26. The number of benzene rings is 2. The number of hydrogen-bond donors (Lipinski definition) is 3. The second-order valence-electron chi connectivity index (χ2n) is 4.18. The van der Waals surface area contributed by atoms with E-state index in [0.29, 0.717) is 16.7 Å². The van der Waals surface area contributed by atoms with E-state index in [1.165, 1.54) is 18.2 Å². The molecule has 5 heteroatoms. The molecule has 0 fully saturated rings. The van der Waals surface area contributed by atoms with E-state index in [1.54, 1.807) is 18.2 Å². The van der Waals surface area contributed by atoms with Gasteiger partial charge in [0.15, 0.2) is 5.58 Å². The minimum atomic E-state index is -0.103. The molecular formula is C14H11NO4. The van der Waals surface area contributed by atoms with Crippen molar-refractivity contribution in [3.63, 3.8) is 0 Å². The standard InChI is InChI=1S/C14H11NO4/c16-7-8-1-4-13-11(5-8)15-14(19-13)10-3-2-9(17)6-12(10)18/h1-6,16-18H,7H2. The first-order chi connectivity index (χ1) is 9.17. The van der Waals surface area contributed by atoms with Gasteiger partial charge >= 0.3 is 0 Å². The van der Waals surface area contributed by atoms with E-state index >= 15 is 0 Å². The van der Waals surface area contributed by atoms with Crippen molar-refractivity contribution in [2.45, 2.75) is 6.61 Å². The summed E-state index contributed by atoms with van der Waals surface area (Å²) in [6.45, 7) is -0.0669. The normalized spacial score (nSPS) is 11.0. The average molecular weight is 257 g/mol. The van der Waals surface area contributed by atoms with Crippen LogP contribution in [0.5, 0.6) is 11.5 Å². The highest BCUT2D eigenvalue weighted by molar-refractivity contribution is 5.78. The Bertz CT molecular complexity index is 748. The highest BCUT2D eigenvalue weighted by atomic mass is 16.3. The number of phenols is 2. The maximum absolute atomic E-state index is 9.77. The minimum absolute atomic E-state index is 0.0278. The molecule has 1 heterocycles. The molecule has 96 valence electrons. The molecule has 5 nitrogen and oxygen atoms in total. The van der Waals surface area contributed by atoms with Gasteiger partial charge in [0.25, 0.3) is 0 Å². The molecule has 3 N–H and O–H groups in total. The Balaban J connectivity index is 2.14. The molecule has 0 aliphatic rings. The summed E-state index contributed by atoms with van der Waals surface area (Å²) in [6.07, 6.45) is 0. The Labute approximate surface area is 108 Å². The van der Waals surface area contributed by atoms with Crippen molar-refractivity contribution in [2.75, 3.05) is 0 Å². The Morgan fingerprint density at radius 3 is 2.63 bits per heavy atom. The van der Waals surface area contributed by atoms with Crippen LogP contribution in [0.2, 0.25) is 0 Å². The third kappa shape index (κ3) is 2.00.